The molecule has 0 fully saturated rings. The number of imidazole rings is 1. The van der Waals surface area contributed by atoms with Crippen molar-refractivity contribution in [3.8, 4) is 11.5 Å². The summed E-state index contributed by atoms with van der Waals surface area (Å²) in [6.07, 6.45) is 1.30. The molecule has 3 aromatic carbocycles. The van der Waals surface area contributed by atoms with Crippen LogP contribution in [0.2, 0.25) is 0 Å². The number of nitrogens with two attached hydrogens (primary N) is 1. The number of hydrogen-bond acceptors (Lipinski definition) is 8. The first kappa shape index (κ1) is 22.6. The van der Waals surface area contributed by atoms with Crippen LogP contribution in [-0.2, 0) is 16.9 Å². The van der Waals surface area contributed by atoms with E-state index in [9.17, 15) is 8.42 Å². The molecule has 0 aliphatic carbocycles. The van der Waals surface area contributed by atoms with Crippen LogP contribution >= 0.6 is 0 Å². The summed E-state index contributed by atoms with van der Waals surface area (Å²) in [4.78, 5) is 9.24. The van der Waals surface area contributed by atoms with Crippen LogP contribution in [0.1, 0.15) is 0 Å². The van der Waals surface area contributed by atoms with E-state index in [-0.39, 0.29) is 32.6 Å². The summed E-state index contributed by atoms with van der Waals surface area (Å²) in [6.45, 7) is 0. The molecule has 0 spiro atoms. The summed E-state index contributed by atoms with van der Waals surface area (Å²) in [5, 5.41) is 13.0. The largest absolute Gasteiger partial charge is 0.380 e. The van der Waals surface area contributed by atoms with Gasteiger partial charge < -0.3 is 10.3 Å². The SMILES string of the molecule is Cn1c(-c2c(S(=O)(=O)c3ccccc3)cnc3c(N=Nc4ccccc4)c(N)nn23)nc2ccccc21. The first-order chi connectivity index (χ1) is 17.9. The fourth-order valence-electron chi connectivity index (χ4n) is 4.16. The lowest BCUT2D eigenvalue weighted by atomic mass is 10.3. The second kappa shape index (κ2) is 8.64. The molecular formula is C26H20N8O2S. The van der Waals surface area contributed by atoms with E-state index in [1.54, 1.807) is 30.3 Å². The molecule has 0 amide bonds. The van der Waals surface area contributed by atoms with Gasteiger partial charge in [0, 0.05) is 7.05 Å². The molecule has 6 rings (SSSR count). The first-order valence-electron chi connectivity index (χ1n) is 11.3. The maximum atomic E-state index is 13.8. The Kier molecular flexibility index (Phi) is 5.27. The summed E-state index contributed by atoms with van der Waals surface area (Å²) < 4.78 is 30.8. The Labute approximate surface area is 211 Å². The van der Waals surface area contributed by atoms with Gasteiger partial charge in [-0.3, -0.25) is 0 Å². The number of aromatic nitrogens is 5. The zero-order chi connectivity index (χ0) is 25.6. The molecule has 0 aliphatic heterocycles. The Morgan fingerprint density at radius 2 is 1.54 bits per heavy atom. The van der Waals surface area contributed by atoms with Gasteiger partial charge in [-0.1, -0.05) is 48.5 Å². The van der Waals surface area contributed by atoms with Gasteiger partial charge in [-0.25, -0.2) is 22.9 Å². The molecule has 6 aromatic rings. The van der Waals surface area contributed by atoms with Crippen LogP contribution in [0.25, 0.3) is 28.2 Å². The van der Waals surface area contributed by atoms with Crippen molar-refractivity contribution in [2.75, 3.05) is 5.73 Å². The van der Waals surface area contributed by atoms with Crippen molar-refractivity contribution in [2.24, 2.45) is 17.3 Å². The fraction of sp³-hybridized carbons (Fsp3) is 0.0385. The number of benzene rings is 3. The van der Waals surface area contributed by atoms with Crippen molar-refractivity contribution >= 4 is 43.7 Å². The van der Waals surface area contributed by atoms with E-state index in [0.29, 0.717) is 17.0 Å². The fourth-order valence-corrected chi connectivity index (χ4v) is 5.55. The van der Waals surface area contributed by atoms with Gasteiger partial charge in [-0.05, 0) is 36.4 Å². The number of hydrogen-bond donors (Lipinski definition) is 1. The molecule has 182 valence electrons. The molecule has 11 heteroatoms. The molecule has 2 N–H and O–H groups in total. The van der Waals surface area contributed by atoms with Crippen LogP contribution in [0.4, 0.5) is 17.2 Å². The van der Waals surface area contributed by atoms with Crippen molar-refractivity contribution in [2.45, 2.75) is 9.79 Å². The quantitative estimate of drug-likeness (QED) is 0.322. The van der Waals surface area contributed by atoms with Gasteiger partial charge in [0.2, 0.25) is 9.84 Å². The van der Waals surface area contributed by atoms with Crippen LogP contribution in [-0.4, -0.2) is 32.6 Å². The van der Waals surface area contributed by atoms with E-state index in [1.807, 2.05) is 54.1 Å². The minimum atomic E-state index is -3.99. The van der Waals surface area contributed by atoms with E-state index in [4.69, 9.17) is 10.7 Å². The lowest BCUT2D eigenvalue weighted by molar-refractivity contribution is 0.595. The number of sulfone groups is 1. The molecule has 0 saturated heterocycles. The van der Waals surface area contributed by atoms with Crippen molar-refractivity contribution < 1.29 is 8.42 Å². The number of fused-ring (bicyclic) bond motifs is 2. The highest BCUT2D eigenvalue weighted by molar-refractivity contribution is 7.91. The highest BCUT2D eigenvalue weighted by Gasteiger charge is 2.29. The van der Waals surface area contributed by atoms with Crippen LogP contribution < -0.4 is 5.73 Å². The Bertz CT molecular complexity index is 1910. The van der Waals surface area contributed by atoms with Crippen LogP contribution in [0.3, 0.4) is 0 Å². The van der Waals surface area contributed by atoms with E-state index >= 15 is 0 Å². The number of anilines is 1. The van der Waals surface area contributed by atoms with E-state index in [1.165, 1.54) is 22.8 Å². The van der Waals surface area contributed by atoms with Crippen LogP contribution in [0.5, 0.6) is 0 Å². The van der Waals surface area contributed by atoms with E-state index in [2.05, 4.69) is 20.3 Å². The summed E-state index contributed by atoms with van der Waals surface area (Å²) in [5.41, 5.74) is 9.11. The van der Waals surface area contributed by atoms with Crippen LogP contribution in [0, 0.1) is 0 Å². The van der Waals surface area contributed by atoms with E-state index in [0.717, 1.165) is 5.52 Å². The van der Waals surface area contributed by atoms with Gasteiger partial charge in [0.1, 0.15) is 10.6 Å². The van der Waals surface area contributed by atoms with Crippen molar-refractivity contribution in [1.29, 1.82) is 0 Å². The molecule has 0 bridgehead atoms. The summed E-state index contributed by atoms with van der Waals surface area (Å²) in [6, 6.07) is 24.9. The zero-order valence-electron chi connectivity index (χ0n) is 19.6. The van der Waals surface area contributed by atoms with Crippen molar-refractivity contribution in [3.63, 3.8) is 0 Å². The summed E-state index contributed by atoms with van der Waals surface area (Å²) in [7, 11) is -2.18. The highest BCUT2D eigenvalue weighted by atomic mass is 32.2. The van der Waals surface area contributed by atoms with Crippen LogP contribution in [0.15, 0.2) is 111 Å². The lowest BCUT2D eigenvalue weighted by Gasteiger charge is -2.12. The second-order valence-corrected chi connectivity index (χ2v) is 10.2. The molecule has 37 heavy (non-hydrogen) atoms. The second-order valence-electron chi connectivity index (χ2n) is 8.28. The third-order valence-electron chi connectivity index (χ3n) is 5.98. The molecule has 0 saturated carbocycles. The Hall–Kier alpha value is -4.90. The zero-order valence-corrected chi connectivity index (χ0v) is 20.4. The monoisotopic (exact) mass is 508 g/mol. The normalized spacial score (nSPS) is 12.1. The molecule has 0 atom stereocenters. The molecule has 3 aromatic heterocycles. The molecule has 10 nitrogen and oxygen atoms in total. The predicted molar refractivity (Wildman–Crippen MR) is 140 cm³/mol. The van der Waals surface area contributed by atoms with Gasteiger partial charge >= 0.3 is 0 Å². The van der Waals surface area contributed by atoms with Crippen molar-refractivity contribution in [3.05, 3.63) is 91.1 Å². The average molecular weight is 509 g/mol. The van der Waals surface area contributed by atoms with Gasteiger partial charge in [0.05, 0.1) is 27.8 Å². The minimum Gasteiger partial charge on any atom is -0.380 e. The number of aryl methyl sites for hydroxylation is 1. The number of nitrogens with zero attached hydrogens (tertiary/aromatic N) is 7. The number of para-hydroxylation sites is 2. The lowest BCUT2D eigenvalue weighted by Crippen LogP contribution is -2.11. The topological polar surface area (TPSA) is 133 Å². The van der Waals surface area contributed by atoms with Gasteiger partial charge in [-0.2, -0.15) is 5.11 Å². The number of rotatable bonds is 5. The van der Waals surface area contributed by atoms with Gasteiger partial charge in [0.15, 0.2) is 23.0 Å². The maximum absolute atomic E-state index is 13.8. The predicted octanol–water partition coefficient (Wildman–Crippen LogP) is 5.11. The first-order valence-corrected chi connectivity index (χ1v) is 12.8. The third-order valence-corrected chi connectivity index (χ3v) is 7.75. The number of nitrogen functional groups attached to an aromatic ring is 1. The summed E-state index contributed by atoms with van der Waals surface area (Å²) >= 11 is 0. The Morgan fingerprint density at radius 1 is 0.865 bits per heavy atom. The molecule has 0 aliphatic rings. The Balaban J connectivity index is 1.65. The Morgan fingerprint density at radius 3 is 2.27 bits per heavy atom. The average Bonchev–Trinajstić information content (AvgIpc) is 3.43. The maximum Gasteiger partial charge on any atom is 0.210 e. The van der Waals surface area contributed by atoms with Gasteiger partial charge in [-0.15, -0.1) is 10.2 Å². The molecular weight excluding hydrogens is 488 g/mol. The number of azo groups is 1. The summed E-state index contributed by atoms with van der Waals surface area (Å²) in [5.74, 6) is 0.443. The standard InChI is InChI=1S/C26H20N8O2S/c1-33-20-15-9-8-14-19(20)29-26(33)23-21(37(35,36)18-12-6-3-7-13-18)16-28-25-22(24(27)32-34(23)25)31-30-17-10-4-2-5-11-17/h2-16H,1H3,(H2,27,32). The smallest absolute Gasteiger partial charge is 0.210 e. The van der Waals surface area contributed by atoms with Gasteiger partial charge in [0.25, 0.3) is 0 Å². The molecule has 0 radical (unpaired) electrons. The van der Waals surface area contributed by atoms with E-state index < -0.39 is 9.84 Å². The minimum absolute atomic E-state index is 0.0568. The highest BCUT2D eigenvalue weighted by Crippen LogP contribution is 2.36. The molecule has 0 unspecified atom stereocenters. The molecule has 3 heterocycles. The van der Waals surface area contributed by atoms with Crippen molar-refractivity contribution in [1.82, 2.24) is 24.1 Å². The third kappa shape index (κ3) is 3.72.